The fourth-order valence-electron chi connectivity index (χ4n) is 5.92. The van der Waals surface area contributed by atoms with Crippen molar-refractivity contribution in [1.82, 2.24) is 24.9 Å². The predicted octanol–water partition coefficient (Wildman–Crippen LogP) is 5.55. The number of hydrogen-bond donors (Lipinski definition) is 2. The number of nitrogens with zero attached hydrogens (tertiary/aromatic N) is 5. The largest absolute Gasteiger partial charge is 0.360 e. The Labute approximate surface area is 265 Å². The minimum Gasteiger partial charge on any atom is -0.360 e. The molecule has 2 N–H and O–H groups in total. The number of aryl methyl sites for hydroxylation is 3. The molecule has 1 aliphatic rings. The molecule has 4 aromatic rings. The van der Waals surface area contributed by atoms with E-state index in [-0.39, 0.29) is 17.7 Å². The van der Waals surface area contributed by atoms with Crippen molar-refractivity contribution in [1.29, 1.82) is 5.26 Å². The first kappa shape index (κ1) is 31.9. The van der Waals surface area contributed by atoms with Gasteiger partial charge < -0.3 is 15.4 Å². The van der Waals surface area contributed by atoms with Crippen molar-refractivity contribution in [2.45, 2.75) is 71.1 Å². The van der Waals surface area contributed by atoms with Crippen LogP contribution >= 0.6 is 0 Å². The average molecular weight is 624 g/mol. The van der Waals surface area contributed by atoms with Crippen LogP contribution in [0.25, 0.3) is 11.1 Å². The van der Waals surface area contributed by atoms with E-state index in [1.54, 1.807) is 25.4 Å². The lowest BCUT2D eigenvalue weighted by atomic mass is 9.91. The van der Waals surface area contributed by atoms with Gasteiger partial charge in [0.15, 0.2) is 0 Å². The number of anilines is 1. The van der Waals surface area contributed by atoms with E-state index in [0.717, 1.165) is 52.7 Å². The number of ether oxygens (including phenoxy) is 1. The molecular weight excluding hydrogens is 583 g/mol. The van der Waals surface area contributed by atoms with Crippen molar-refractivity contribution in [2.75, 3.05) is 11.9 Å². The van der Waals surface area contributed by atoms with Gasteiger partial charge in [0.2, 0.25) is 5.91 Å². The van der Waals surface area contributed by atoms with Crippen molar-refractivity contribution in [3.05, 3.63) is 88.5 Å². The maximum atomic E-state index is 13.9. The molecule has 2 heterocycles. The number of carbonyl (C=O) groups excluding carboxylic acids is 2. The molecule has 0 saturated heterocycles. The Kier molecular flexibility index (Phi) is 9.36. The molecule has 0 fully saturated rings. The van der Waals surface area contributed by atoms with Crippen LogP contribution in [0.4, 0.5) is 5.69 Å². The second-order valence-corrected chi connectivity index (χ2v) is 18.5. The van der Waals surface area contributed by atoms with Crippen LogP contribution in [-0.4, -0.2) is 52.1 Å². The number of nitrogens with one attached hydrogen (secondary N) is 2. The zero-order chi connectivity index (χ0) is 32.3. The van der Waals surface area contributed by atoms with Crippen LogP contribution in [0.15, 0.2) is 54.7 Å². The first-order valence-corrected chi connectivity index (χ1v) is 19.0. The molecule has 0 radical (unpaired) electrons. The summed E-state index contributed by atoms with van der Waals surface area (Å²) < 4.78 is 9.32. The van der Waals surface area contributed by atoms with Gasteiger partial charge in [-0.25, -0.2) is 4.68 Å². The summed E-state index contributed by atoms with van der Waals surface area (Å²) in [5.74, 6) is -0.995. The van der Waals surface area contributed by atoms with E-state index in [1.807, 2.05) is 54.9 Å². The number of rotatable bonds is 11. The highest BCUT2D eigenvalue weighted by Crippen LogP contribution is 2.37. The van der Waals surface area contributed by atoms with Crippen molar-refractivity contribution in [2.24, 2.45) is 7.05 Å². The van der Waals surface area contributed by atoms with Crippen LogP contribution in [0, 0.1) is 25.2 Å². The Balaban J connectivity index is 1.34. The molecular formula is C34H41N7O3Si. The average Bonchev–Trinajstić information content (AvgIpc) is 3.70. The summed E-state index contributed by atoms with van der Waals surface area (Å²) in [6.07, 6.45) is 2.99. The topological polar surface area (TPSA) is 127 Å². The lowest BCUT2D eigenvalue weighted by Crippen LogP contribution is -2.47. The Hall–Kier alpha value is -4.53. The highest BCUT2D eigenvalue weighted by molar-refractivity contribution is 6.76. The van der Waals surface area contributed by atoms with Gasteiger partial charge in [-0.3, -0.25) is 14.3 Å². The van der Waals surface area contributed by atoms with Gasteiger partial charge in [-0.15, -0.1) is 0 Å². The lowest BCUT2D eigenvalue weighted by molar-refractivity contribution is -0.118. The molecule has 0 unspecified atom stereocenters. The highest BCUT2D eigenvalue weighted by Gasteiger charge is 2.36. The monoisotopic (exact) mass is 623 g/mol. The summed E-state index contributed by atoms with van der Waals surface area (Å²) in [5.41, 5.74) is 7.47. The summed E-state index contributed by atoms with van der Waals surface area (Å²) in [4.78, 5) is 27.1. The molecule has 0 spiro atoms. The summed E-state index contributed by atoms with van der Waals surface area (Å²) in [7, 11) is 0.522. The number of carbonyl (C=O) groups is 2. The molecule has 0 bridgehead atoms. The van der Waals surface area contributed by atoms with Gasteiger partial charge in [-0.1, -0.05) is 37.8 Å². The molecule has 1 aliphatic carbocycles. The van der Waals surface area contributed by atoms with E-state index < -0.39 is 14.1 Å². The van der Waals surface area contributed by atoms with E-state index in [1.165, 1.54) is 4.68 Å². The molecule has 10 nitrogen and oxygen atoms in total. The number of fused-ring (bicyclic) bond motifs is 1. The van der Waals surface area contributed by atoms with Crippen LogP contribution < -0.4 is 10.6 Å². The molecule has 11 heteroatoms. The van der Waals surface area contributed by atoms with Crippen LogP contribution in [0.5, 0.6) is 0 Å². The third kappa shape index (κ3) is 7.24. The molecule has 234 valence electrons. The van der Waals surface area contributed by atoms with E-state index in [9.17, 15) is 14.9 Å². The van der Waals surface area contributed by atoms with Gasteiger partial charge in [0.1, 0.15) is 18.5 Å². The molecule has 0 aliphatic heterocycles. The molecule has 2 aromatic heterocycles. The Bertz CT molecular complexity index is 1740. The first-order valence-electron chi connectivity index (χ1n) is 15.3. The SMILES string of the molecule is Cc1nn(COCC[Si](C)(C)C)c(C)c1-c1ccc(NC(=O)[C@@H](NC(=O)c2ccnn2C)[C@H]2CCc3ccc(C#N)cc32)cc1. The summed E-state index contributed by atoms with van der Waals surface area (Å²) in [6, 6.07) is 17.3. The third-order valence-corrected chi connectivity index (χ3v) is 10.2. The maximum absolute atomic E-state index is 13.9. The van der Waals surface area contributed by atoms with Crippen molar-refractivity contribution in [3.8, 4) is 17.2 Å². The summed E-state index contributed by atoms with van der Waals surface area (Å²) >= 11 is 0. The molecule has 2 amide bonds. The van der Waals surface area contributed by atoms with Crippen LogP contribution in [0.2, 0.25) is 25.7 Å². The quantitative estimate of drug-likeness (QED) is 0.167. The van der Waals surface area contributed by atoms with E-state index in [2.05, 4.69) is 41.4 Å². The van der Waals surface area contributed by atoms with Gasteiger partial charge in [0.25, 0.3) is 5.91 Å². The normalized spacial score (nSPS) is 14.9. The molecule has 45 heavy (non-hydrogen) atoms. The van der Waals surface area contributed by atoms with Crippen LogP contribution in [0.1, 0.15) is 50.9 Å². The third-order valence-electron chi connectivity index (χ3n) is 8.46. The molecule has 5 rings (SSSR count). The highest BCUT2D eigenvalue weighted by atomic mass is 28.3. The van der Waals surface area contributed by atoms with Gasteiger partial charge in [0.05, 0.1) is 17.3 Å². The van der Waals surface area contributed by atoms with Gasteiger partial charge in [0, 0.05) is 50.8 Å². The Morgan fingerprint density at radius 2 is 1.89 bits per heavy atom. The fraction of sp³-hybridized carbons (Fsp3) is 0.382. The second-order valence-electron chi connectivity index (χ2n) is 12.9. The minimum absolute atomic E-state index is 0.283. The molecule has 2 atom stereocenters. The molecule has 2 aromatic carbocycles. The van der Waals surface area contributed by atoms with Crippen LogP contribution in [-0.2, 0) is 29.7 Å². The van der Waals surface area contributed by atoms with Gasteiger partial charge in [-0.05, 0) is 79.8 Å². The predicted molar refractivity (Wildman–Crippen MR) is 177 cm³/mol. The summed E-state index contributed by atoms with van der Waals surface area (Å²) in [6.45, 7) is 12.2. The standard InChI is InChI=1S/C34H41N7O3Si/c1-22-31(23(2)41(39-22)21-44-17-18-45(4,5)6)26-9-12-27(13-10-26)37-34(43)32(38-33(42)30-15-16-36-40(30)3)28-14-11-25-8-7-24(20-35)19-29(25)28/h7-10,12-13,15-16,19,28,32H,11,14,17-18,21H2,1-6H3,(H,37,43)(H,38,42)/t28-,32-/m0/s1. The van der Waals surface area contributed by atoms with E-state index in [0.29, 0.717) is 30.1 Å². The van der Waals surface area contributed by atoms with Gasteiger partial charge >= 0.3 is 0 Å². The number of amides is 2. The van der Waals surface area contributed by atoms with E-state index >= 15 is 0 Å². The van der Waals surface area contributed by atoms with Crippen molar-refractivity contribution in [3.63, 3.8) is 0 Å². The van der Waals surface area contributed by atoms with E-state index in [4.69, 9.17) is 9.84 Å². The van der Waals surface area contributed by atoms with Crippen LogP contribution in [0.3, 0.4) is 0 Å². The van der Waals surface area contributed by atoms with Gasteiger partial charge in [-0.2, -0.15) is 15.5 Å². The number of benzene rings is 2. The van der Waals surface area contributed by atoms with Crippen molar-refractivity contribution >= 4 is 25.6 Å². The number of nitriles is 1. The maximum Gasteiger partial charge on any atom is 0.270 e. The second kappa shape index (κ2) is 13.2. The zero-order valence-corrected chi connectivity index (χ0v) is 27.8. The Morgan fingerprint density at radius 1 is 1.13 bits per heavy atom. The number of aromatic nitrogens is 4. The fourth-order valence-corrected chi connectivity index (χ4v) is 6.68. The first-order chi connectivity index (χ1) is 21.4. The van der Waals surface area contributed by atoms with Crippen molar-refractivity contribution < 1.29 is 14.3 Å². The summed E-state index contributed by atoms with van der Waals surface area (Å²) in [5, 5.41) is 24.3. The minimum atomic E-state index is -1.16. The lowest BCUT2D eigenvalue weighted by Gasteiger charge is -2.25. The number of hydrogen-bond acceptors (Lipinski definition) is 6. The zero-order valence-electron chi connectivity index (χ0n) is 26.8. The smallest absolute Gasteiger partial charge is 0.270 e. The Morgan fingerprint density at radius 3 is 2.56 bits per heavy atom. The molecule has 0 saturated carbocycles.